The topological polar surface area (TPSA) is 44.4 Å². The molecule has 6 heteroatoms. The minimum Gasteiger partial charge on any atom is -0.337 e. The summed E-state index contributed by atoms with van der Waals surface area (Å²) in [6.45, 7) is 1.86. The summed E-state index contributed by atoms with van der Waals surface area (Å²) < 4.78 is 0. The van der Waals surface area contributed by atoms with Crippen molar-refractivity contribution in [2.75, 3.05) is 27.2 Å². The highest BCUT2D eigenvalue weighted by atomic mass is 35.5. The van der Waals surface area contributed by atoms with E-state index in [0.717, 1.165) is 5.56 Å². The Bertz CT molecular complexity index is 410. The average Bonchev–Trinajstić information content (AvgIpc) is 2.33. The molecule has 0 atom stereocenters. The van der Waals surface area contributed by atoms with Crippen LogP contribution in [0.1, 0.15) is 5.56 Å². The molecule has 1 aromatic rings. The van der Waals surface area contributed by atoms with Gasteiger partial charge in [0, 0.05) is 33.7 Å². The number of amides is 2. The minimum atomic E-state index is -0.0995. The zero-order chi connectivity index (χ0) is 13.5. The van der Waals surface area contributed by atoms with Crippen LogP contribution >= 0.6 is 23.2 Å². The van der Waals surface area contributed by atoms with Gasteiger partial charge in [0.2, 0.25) is 0 Å². The number of hydrogen-bond donors (Lipinski definition) is 2. The molecule has 0 bridgehead atoms. The van der Waals surface area contributed by atoms with Gasteiger partial charge in [-0.25, -0.2) is 4.79 Å². The van der Waals surface area contributed by atoms with E-state index in [1.807, 2.05) is 12.1 Å². The Labute approximate surface area is 117 Å². The number of halogens is 2. The lowest BCUT2D eigenvalue weighted by Crippen LogP contribution is -2.38. The van der Waals surface area contributed by atoms with Crippen molar-refractivity contribution >= 4 is 29.2 Å². The molecule has 0 aliphatic carbocycles. The second-order valence-electron chi connectivity index (χ2n) is 4.02. The van der Waals surface area contributed by atoms with E-state index in [1.165, 1.54) is 4.90 Å². The van der Waals surface area contributed by atoms with Gasteiger partial charge >= 0.3 is 6.03 Å². The van der Waals surface area contributed by atoms with Gasteiger partial charge < -0.3 is 15.5 Å². The second kappa shape index (κ2) is 7.46. The quantitative estimate of drug-likeness (QED) is 0.818. The largest absolute Gasteiger partial charge is 0.337 e. The van der Waals surface area contributed by atoms with E-state index in [-0.39, 0.29) is 6.03 Å². The Kier molecular flexibility index (Phi) is 6.25. The number of nitrogens with one attached hydrogen (secondary N) is 2. The fraction of sp³-hybridized carbons (Fsp3) is 0.417. The molecule has 0 aliphatic heterocycles. The molecular formula is C12H17Cl2N3O. The number of carbonyl (C=O) groups excluding carboxylic acids is 1. The van der Waals surface area contributed by atoms with Crippen molar-refractivity contribution in [2.45, 2.75) is 6.54 Å². The maximum atomic E-state index is 11.2. The van der Waals surface area contributed by atoms with Crippen LogP contribution in [0.2, 0.25) is 10.0 Å². The van der Waals surface area contributed by atoms with E-state index in [0.29, 0.717) is 29.7 Å². The third-order valence-electron chi connectivity index (χ3n) is 2.33. The van der Waals surface area contributed by atoms with E-state index in [2.05, 4.69) is 10.6 Å². The maximum absolute atomic E-state index is 11.2. The van der Waals surface area contributed by atoms with Crippen molar-refractivity contribution in [1.82, 2.24) is 15.5 Å². The fourth-order valence-electron chi connectivity index (χ4n) is 1.32. The van der Waals surface area contributed by atoms with E-state index < -0.39 is 0 Å². The predicted octanol–water partition coefficient (Wildman–Crippen LogP) is 2.35. The van der Waals surface area contributed by atoms with Crippen LogP contribution in [0.4, 0.5) is 4.79 Å². The summed E-state index contributed by atoms with van der Waals surface area (Å²) in [7, 11) is 3.41. The van der Waals surface area contributed by atoms with Crippen LogP contribution in [-0.4, -0.2) is 38.1 Å². The van der Waals surface area contributed by atoms with E-state index in [4.69, 9.17) is 23.2 Å². The first-order valence-corrected chi connectivity index (χ1v) is 6.36. The van der Waals surface area contributed by atoms with Gasteiger partial charge in [0.25, 0.3) is 0 Å². The summed E-state index contributed by atoms with van der Waals surface area (Å²) >= 11 is 12.0. The Morgan fingerprint density at radius 1 is 1.28 bits per heavy atom. The predicted molar refractivity (Wildman–Crippen MR) is 75.3 cm³/mol. The molecule has 2 N–H and O–H groups in total. The van der Waals surface area contributed by atoms with Crippen molar-refractivity contribution in [1.29, 1.82) is 0 Å². The third-order valence-corrected chi connectivity index (χ3v) is 3.19. The van der Waals surface area contributed by atoms with Gasteiger partial charge in [-0.3, -0.25) is 0 Å². The first kappa shape index (κ1) is 15.1. The molecule has 18 heavy (non-hydrogen) atoms. The first-order valence-electron chi connectivity index (χ1n) is 5.61. The molecule has 0 radical (unpaired) electrons. The molecule has 4 nitrogen and oxygen atoms in total. The molecule has 0 aliphatic rings. The molecule has 0 fully saturated rings. The second-order valence-corrected chi connectivity index (χ2v) is 4.80. The van der Waals surface area contributed by atoms with Crippen LogP contribution in [0, 0.1) is 0 Å². The molecule has 0 heterocycles. The normalized spacial score (nSPS) is 10.2. The first-order chi connectivity index (χ1) is 8.52. The van der Waals surface area contributed by atoms with Gasteiger partial charge in [0.1, 0.15) is 0 Å². The van der Waals surface area contributed by atoms with Gasteiger partial charge in [-0.2, -0.15) is 0 Å². The van der Waals surface area contributed by atoms with Crippen LogP contribution in [0.15, 0.2) is 18.2 Å². The molecule has 100 valence electrons. The molecule has 2 amide bonds. The van der Waals surface area contributed by atoms with Crippen molar-refractivity contribution in [3.63, 3.8) is 0 Å². The van der Waals surface area contributed by atoms with Gasteiger partial charge in [-0.05, 0) is 11.6 Å². The number of urea groups is 1. The van der Waals surface area contributed by atoms with Crippen molar-refractivity contribution in [2.24, 2.45) is 0 Å². The summed E-state index contributed by atoms with van der Waals surface area (Å²) in [4.78, 5) is 12.7. The highest BCUT2D eigenvalue weighted by Crippen LogP contribution is 2.25. The van der Waals surface area contributed by atoms with Crippen molar-refractivity contribution in [3.05, 3.63) is 33.8 Å². The Balaban J connectivity index is 2.26. The van der Waals surface area contributed by atoms with Crippen molar-refractivity contribution < 1.29 is 4.79 Å². The van der Waals surface area contributed by atoms with Gasteiger partial charge in [-0.1, -0.05) is 35.3 Å². The zero-order valence-electron chi connectivity index (χ0n) is 10.5. The summed E-state index contributed by atoms with van der Waals surface area (Å²) in [6, 6.07) is 5.43. The molecular weight excluding hydrogens is 273 g/mol. The molecule has 1 aromatic carbocycles. The SMILES string of the molecule is CN(C)C(=O)NCCNCc1cccc(Cl)c1Cl. The lowest BCUT2D eigenvalue weighted by molar-refractivity contribution is 0.217. The molecule has 0 aromatic heterocycles. The molecule has 0 spiro atoms. The van der Waals surface area contributed by atoms with E-state index >= 15 is 0 Å². The maximum Gasteiger partial charge on any atom is 0.316 e. The summed E-state index contributed by atoms with van der Waals surface area (Å²) in [5.74, 6) is 0. The van der Waals surface area contributed by atoms with E-state index in [1.54, 1.807) is 20.2 Å². The highest BCUT2D eigenvalue weighted by Gasteiger charge is 2.04. The van der Waals surface area contributed by atoms with Gasteiger partial charge in [-0.15, -0.1) is 0 Å². The smallest absolute Gasteiger partial charge is 0.316 e. The van der Waals surface area contributed by atoms with E-state index in [9.17, 15) is 4.79 Å². The fourth-order valence-corrected chi connectivity index (χ4v) is 1.71. The molecule has 0 saturated carbocycles. The van der Waals surface area contributed by atoms with Crippen LogP contribution in [0.25, 0.3) is 0 Å². The summed E-state index contributed by atoms with van der Waals surface area (Å²) in [5.41, 5.74) is 0.947. The average molecular weight is 290 g/mol. The number of hydrogen-bond acceptors (Lipinski definition) is 2. The number of nitrogens with zero attached hydrogens (tertiary/aromatic N) is 1. The van der Waals surface area contributed by atoms with Gasteiger partial charge in [0.15, 0.2) is 0 Å². The molecule has 0 unspecified atom stereocenters. The van der Waals surface area contributed by atoms with Crippen LogP contribution in [0.5, 0.6) is 0 Å². The molecule has 0 saturated heterocycles. The summed E-state index contributed by atoms with van der Waals surface area (Å²) in [6.07, 6.45) is 0. The number of rotatable bonds is 5. The summed E-state index contributed by atoms with van der Waals surface area (Å²) in [5, 5.41) is 7.07. The Morgan fingerprint density at radius 2 is 2.00 bits per heavy atom. The molecule has 1 rings (SSSR count). The lowest BCUT2D eigenvalue weighted by Gasteiger charge is -2.12. The number of carbonyl (C=O) groups is 1. The Morgan fingerprint density at radius 3 is 2.67 bits per heavy atom. The monoisotopic (exact) mass is 289 g/mol. The lowest BCUT2D eigenvalue weighted by atomic mass is 10.2. The Hall–Kier alpha value is -0.970. The van der Waals surface area contributed by atoms with Gasteiger partial charge in [0.05, 0.1) is 10.0 Å². The van der Waals surface area contributed by atoms with Crippen LogP contribution in [0.3, 0.4) is 0 Å². The van der Waals surface area contributed by atoms with Crippen LogP contribution in [-0.2, 0) is 6.54 Å². The third kappa shape index (κ3) is 4.72. The highest BCUT2D eigenvalue weighted by molar-refractivity contribution is 6.42. The van der Waals surface area contributed by atoms with Crippen LogP contribution < -0.4 is 10.6 Å². The number of benzene rings is 1. The standard InChI is InChI=1S/C12H17Cl2N3O/c1-17(2)12(18)16-7-6-15-8-9-4-3-5-10(13)11(9)14/h3-5,15H,6-8H2,1-2H3,(H,16,18). The minimum absolute atomic E-state index is 0.0995. The zero-order valence-corrected chi connectivity index (χ0v) is 12.0. The van der Waals surface area contributed by atoms with Crippen molar-refractivity contribution in [3.8, 4) is 0 Å².